The molecule has 4 nitrogen and oxygen atoms in total. The average Bonchev–Trinajstić information content (AvgIpc) is 2.90. The highest BCUT2D eigenvalue weighted by Crippen LogP contribution is 2.25. The van der Waals surface area contributed by atoms with Crippen molar-refractivity contribution in [1.82, 2.24) is 9.88 Å². The molecular formula is C16H28N2O2S. The molecule has 0 saturated carbocycles. The minimum atomic E-state index is 0.141. The Kier molecular flexibility index (Phi) is 6.17. The number of aromatic nitrogens is 1. The molecule has 2 heterocycles. The van der Waals surface area contributed by atoms with Crippen LogP contribution in [0.5, 0.6) is 0 Å². The lowest BCUT2D eigenvalue weighted by Gasteiger charge is -2.31. The Balaban J connectivity index is 1.74. The van der Waals surface area contributed by atoms with Crippen LogP contribution in [0, 0.1) is 0 Å². The van der Waals surface area contributed by atoms with E-state index in [0.29, 0.717) is 12.7 Å². The van der Waals surface area contributed by atoms with Gasteiger partial charge in [0.1, 0.15) is 5.01 Å². The Hall–Kier alpha value is -0.490. The van der Waals surface area contributed by atoms with E-state index in [9.17, 15) is 0 Å². The summed E-state index contributed by atoms with van der Waals surface area (Å²) in [5.74, 6) is 0. The van der Waals surface area contributed by atoms with Gasteiger partial charge in [-0.1, -0.05) is 20.8 Å². The zero-order chi connectivity index (χ0) is 15.3. The van der Waals surface area contributed by atoms with Crippen molar-refractivity contribution in [3.63, 3.8) is 0 Å². The SMILES string of the molecule is CC(C)(C)c1csc(CN2CCC(OCCCO)CC2)n1. The lowest BCUT2D eigenvalue weighted by Crippen LogP contribution is -2.36. The van der Waals surface area contributed by atoms with Crippen molar-refractivity contribution in [3.8, 4) is 0 Å². The van der Waals surface area contributed by atoms with Crippen molar-refractivity contribution in [3.05, 3.63) is 16.1 Å². The van der Waals surface area contributed by atoms with Crippen LogP contribution in [0.1, 0.15) is 50.7 Å². The van der Waals surface area contributed by atoms with Crippen LogP contribution in [-0.2, 0) is 16.7 Å². The van der Waals surface area contributed by atoms with Crippen molar-refractivity contribution in [2.45, 2.75) is 58.1 Å². The van der Waals surface area contributed by atoms with Crippen molar-refractivity contribution in [2.75, 3.05) is 26.3 Å². The third-order valence-electron chi connectivity index (χ3n) is 3.87. The molecule has 0 atom stereocenters. The lowest BCUT2D eigenvalue weighted by atomic mass is 9.93. The number of rotatable bonds is 6. The van der Waals surface area contributed by atoms with Gasteiger partial charge in [0.15, 0.2) is 0 Å². The quantitative estimate of drug-likeness (QED) is 0.821. The summed E-state index contributed by atoms with van der Waals surface area (Å²) >= 11 is 1.78. The van der Waals surface area contributed by atoms with Crippen LogP contribution in [0.3, 0.4) is 0 Å². The zero-order valence-electron chi connectivity index (χ0n) is 13.5. The molecular weight excluding hydrogens is 284 g/mol. The molecule has 5 heteroatoms. The molecule has 1 aliphatic rings. The first-order valence-corrected chi connectivity index (χ1v) is 8.76. The van der Waals surface area contributed by atoms with Crippen LogP contribution < -0.4 is 0 Å². The van der Waals surface area contributed by atoms with E-state index >= 15 is 0 Å². The number of thiazole rings is 1. The van der Waals surface area contributed by atoms with Gasteiger partial charge in [-0.3, -0.25) is 4.90 Å². The van der Waals surface area contributed by atoms with Gasteiger partial charge in [0.05, 0.1) is 18.3 Å². The molecule has 0 radical (unpaired) electrons. The number of ether oxygens (including phenoxy) is 1. The maximum Gasteiger partial charge on any atom is 0.107 e. The van der Waals surface area contributed by atoms with Crippen LogP contribution in [-0.4, -0.2) is 47.4 Å². The van der Waals surface area contributed by atoms with Crippen LogP contribution in [0.4, 0.5) is 0 Å². The summed E-state index contributed by atoms with van der Waals surface area (Å²) in [5, 5.41) is 12.2. The standard InChI is InChI=1S/C16H28N2O2S/c1-16(2,3)14-12-21-15(17-14)11-18-7-5-13(6-8-18)20-10-4-9-19/h12-13,19H,4-11H2,1-3H3. The molecule has 1 aromatic heterocycles. The Bertz CT molecular complexity index is 420. The molecule has 0 aromatic carbocycles. The molecule has 1 saturated heterocycles. The molecule has 0 spiro atoms. The molecule has 21 heavy (non-hydrogen) atoms. The first-order valence-electron chi connectivity index (χ1n) is 7.89. The molecule has 0 amide bonds. The van der Waals surface area contributed by atoms with Gasteiger partial charge in [0, 0.05) is 37.1 Å². The Morgan fingerprint density at radius 1 is 1.38 bits per heavy atom. The fourth-order valence-electron chi connectivity index (χ4n) is 2.47. The van der Waals surface area contributed by atoms with Crippen LogP contribution in [0.25, 0.3) is 0 Å². The second-order valence-electron chi connectivity index (χ2n) is 6.80. The highest BCUT2D eigenvalue weighted by molar-refractivity contribution is 7.09. The van der Waals surface area contributed by atoms with E-state index in [1.807, 2.05) is 0 Å². The number of likely N-dealkylation sites (tertiary alicyclic amines) is 1. The summed E-state index contributed by atoms with van der Waals surface area (Å²) in [4.78, 5) is 7.24. The molecule has 1 aromatic rings. The molecule has 120 valence electrons. The predicted molar refractivity (Wildman–Crippen MR) is 86.8 cm³/mol. The first kappa shape index (κ1) is 16.9. The van der Waals surface area contributed by atoms with E-state index in [2.05, 4.69) is 31.1 Å². The number of aliphatic hydroxyl groups is 1. The van der Waals surface area contributed by atoms with Crippen molar-refractivity contribution in [1.29, 1.82) is 0 Å². The summed E-state index contributed by atoms with van der Waals surface area (Å²) in [5.41, 5.74) is 1.34. The highest BCUT2D eigenvalue weighted by atomic mass is 32.1. The number of nitrogens with zero attached hydrogens (tertiary/aromatic N) is 2. The van der Waals surface area contributed by atoms with Gasteiger partial charge in [-0.05, 0) is 19.3 Å². The largest absolute Gasteiger partial charge is 0.396 e. The fraction of sp³-hybridized carbons (Fsp3) is 0.812. The fourth-order valence-corrected chi connectivity index (χ4v) is 3.53. The smallest absolute Gasteiger partial charge is 0.107 e. The Morgan fingerprint density at radius 3 is 2.67 bits per heavy atom. The Morgan fingerprint density at radius 2 is 2.10 bits per heavy atom. The van der Waals surface area contributed by atoms with E-state index < -0.39 is 0 Å². The summed E-state index contributed by atoms with van der Waals surface area (Å²) in [7, 11) is 0. The van der Waals surface area contributed by atoms with Crippen LogP contribution in [0.2, 0.25) is 0 Å². The van der Waals surface area contributed by atoms with Gasteiger partial charge in [-0.2, -0.15) is 0 Å². The van der Waals surface area contributed by atoms with Gasteiger partial charge in [-0.25, -0.2) is 4.98 Å². The van der Waals surface area contributed by atoms with E-state index in [0.717, 1.165) is 38.9 Å². The van der Waals surface area contributed by atoms with E-state index in [1.54, 1.807) is 11.3 Å². The van der Waals surface area contributed by atoms with Crippen molar-refractivity contribution in [2.24, 2.45) is 0 Å². The maximum absolute atomic E-state index is 8.77. The number of hydrogen-bond donors (Lipinski definition) is 1. The molecule has 1 aliphatic heterocycles. The van der Waals surface area contributed by atoms with Gasteiger partial charge < -0.3 is 9.84 Å². The molecule has 1 N–H and O–H groups in total. The lowest BCUT2D eigenvalue weighted by molar-refractivity contribution is 0.000766. The monoisotopic (exact) mass is 312 g/mol. The molecule has 0 unspecified atom stereocenters. The molecule has 0 aliphatic carbocycles. The van der Waals surface area contributed by atoms with Crippen LogP contribution in [0.15, 0.2) is 5.38 Å². The predicted octanol–water partition coefficient (Wildman–Crippen LogP) is 2.80. The third kappa shape index (κ3) is 5.33. The number of piperidine rings is 1. The number of hydrogen-bond acceptors (Lipinski definition) is 5. The second kappa shape index (κ2) is 7.68. The summed E-state index contributed by atoms with van der Waals surface area (Å²) < 4.78 is 5.77. The topological polar surface area (TPSA) is 45.6 Å². The van der Waals surface area contributed by atoms with E-state index in [1.165, 1.54) is 10.7 Å². The molecule has 0 bridgehead atoms. The van der Waals surface area contributed by atoms with Crippen molar-refractivity contribution < 1.29 is 9.84 Å². The summed E-state index contributed by atoms with van der Waals surface area (Å²) in [6.45, 7) is 10.7. The summed E-state index contributed by atoms with van der Waals surface area (Å²) in [6, 6.07) is 0. The zero-order valence-corrected chi connectivity index (χ0v) is 14.3. The van der Waals surface area contributed by atoms with Gasteiger partial charge in [0.25, 0.3) is 0 Å². The highest BCUT2D eigenvalue weighted by Gasteiger charge is 2.22. The summed E-state index contributed by atoms with van der Waals surface area (Å²) in [6.07, 6.45) is 3.29. The molecule has 1 fully saturated rings. The second-order valence-corrected chi connectivity index (χ2v) is 7.74. The first-order chi connectivity index (χ1) is 9.99. The van der Waals surface area contributed by atoms with Gasteiger partial charge >= 0.3 is 0 Å². The van der Waals surface area contributed by atoms with E-state index in [-0.39, 0.29) is 12.0 Å². The van der Waals surface area contributed by atoms with Gasteiger partial charge in [0.2, 0.25) is 0 Å². The van der Waals surface area contributed by atoms with Crippen molar-refractivity contribution >= 4 is 11.3 Å². The minimum Gasteiger partial charge on any atom is -0.396 e. The van der Waals surface area contributed by atoms with Crippen LogP contribution >= 0.6 is 11.3 Å². The average molecular weight is 312 g/mol. The van der Waals surface area contributed by atoms with Gasteiger partial charge in [-0.15, -0.1) is 11.3 Å². The molecule has 2 rings (SSSR count). The third-order valence-corrected chi connectivity index (χ3v) is 4.70. The number of aliphatic hydroxyl groups excluding tert-OH is 1. The minimum absolute atomic E-state index is 0.141. The maximum atomic E-state index is 8.77. The van der Waals surface area contributed by atoms with E-state index in [4.69, 9.17) is 14.8 Å². The Labute approximate surface area is 132 Å². The normalized spacial score (nSPS) is 18.3.